The lowest BCUT2D eigenvalue weighted by molar-refractivity contribution is 0.0697. The molecule has 3 N–H and O–H groups in total. The number of hydrogen-bond acceptors (Lipinski definition) is 2. The zero-order valence-electron chi connectivity index (χ0n) is 7.81. The van der Waals surface area contributed by atoms with Gasteiger partial charge in [0.25, 0.3) is 0 Å². The molecule has 1 unspecified atom stereocenters. The van der Waals surface area contributed by atoms with E-state index in [4.69, 9.17) is 10.8 Å². The molecule has 1 aromatic rings. The SMILES string of the molecule is NC(c1ccc(C(=O)O)cc1)C1CC1. The first-order valence-corrected chi connectivity index (χ1v) is 4.77. The van der Waals surface area contributed by atoms with E-state index in [1.807, 2.05) is 12.1 Å². The van der Waals surface area contributed by atoms with Crippen molar-refractivity contribution in [3.8, 4) is 0 Å². The minimum Gasteiger partial charge on any atom is -0.478 e. The topological polar surface area (TPSA) is 63.3 Å². The number of nitrogens with two attached hydrogens (primary N) is 1. The molecule has 2 rings (SSSR count). The third-order valence-electron chi connectivity index (χ3n) is 2.67. The Kier molecular flexibility index (Phi) is 2.25. The molecule has 1 fully saturated rings. The Hall–Kier alpha value is -1.35. The largest absolute Gasteiger partial charge is 0.478 e. The van der Waals surface area contributed by atoms with Gasteiger partial charge in [-0.1, -0.05) is 12.1 Å². The molecule has 0 saturated heterocycles. The molecular formula is C11H13NO2. The summed E-state index contributed by atoms with van der Waals surface area (Å²) in [5.74, 6) is -0.290. The van der Waals surface area contributed by atoms with Crippen LogP contribution < -0.4 is 5.73 Å². The molecule has 1 atom stereocenters. The van der Waals surface area contributed by atoms with Gasteiger partial charge in [0.1, 0.15) is 0 Å². The number of carbonyl (C=O) groups is 1. The molecule has 3 heteroatoms. The van der Waals surface area contributed by atoms with Crippen LogP contribution in [0.25, 0.3) is 0 Å². The van der Waals surface area contributed by atoms with Crippen molar-refractivity contribution in [1.29, 1.82) is 0 Å². The smallest absolute Gasteiger partial charge is 0.335 e. The van der Waals surface area contributed by atoms with Crippen LogP contribution in [0.4, 0.5) is 0 Å². The molecule has 0 aliphatic heterocycles. The minimum atomic E-state index is -0.892. The highest BCUT2D eigenvalue weighted by molar-refractivity contribution is 5.87. The first-order chi connectivity index (χ1) is 6.68. The summed E-state index contributed by atoms with van der Waals surface area (Å²) >= 11 is 0. The Bertz CT molecular complexity index is 341. The summed E-state index contributed by atoms with van der Waals surface area (Å²) in [6, 6.07) is 6.93. The number of aromatic carboxylic acids is 1. The normalized spacial score (nSPS) is 17.8. The van der Waals surface area contributed by atoms with Gasteiger partial charge in [-0.2, -0.15) is 0 Å². The van der Waals surface area contributed by atoms with Crippen LogP contribution in [0.15, 0.2) is 24.3 Å². The van der Waals surface area contributed by atoms with Gasteiger partial charge in [-0.3, -0.25) is 0 Å². The summed E-state index contributed by atoms with van der Waals surface area (Å²) in [5, 5.41) is 8.70. The van der Waals surface area contributed by atoms with Crippen LogP contribution in [-0.4, -0.2) is 11.1 Å². The van der Waals surface area contributed by atoms with Gasteiger partial charge >= 0.3 is 5.97 Å². The fourth-order valence-corrected chi connectivity index (χ4v) is 1.58. The number of carboxylic acid groups (broad SMARTS) is 1. The van der Waals surface area contributed by atoms with E-state index in [1.165, 1.54) is 12.8 Å². The average Bonchev–Trinajstić information content (AvgIpc) is 3.00. The maximum Gasteiger partial charge on any atom is 0.335 e. The van der Waals surface area contributed by atoms with Crippen LogP contribution in [0.5, 0.6) is 0 Å². The Morgan fingerprint density at radius 2 is 1.93 bits per heavy atom. The van der Waals surface area contributed by atoms with Crippen LogP contribution in [-0.2, 0) is 0 Å². The highest BCUT2D eigenvalue weighted by Crippen LogP contribution is 2.39. The monoisotopic (exact) mass is 191 g/mol. The summed E-state index contributed by atoms with van der Waals surface area (Å²) in [5.41, 5.74) is 7.33. The van der Waals surface area contributed by atoms with E-state index in [1.54, 1.807) is 12.1 Å². The van der Waals surface area contributed by atoms with E-state index in [-0.39, 0.29) is 6.04 Å². The summed E-state index contributed by atoms with van der Waals surface area (Å²) in [6.07, 6.45) is 2.39. The standard InChI is InChI=1S/C11H13NO2/c12-10(7-1-2-7)8-3-5-9(6-4-8)11(13)14/h3-7,10H,1-2,12H2,(H,13,14). The predicted octanol–water partition coefficient (Wildman–Crippen LogP) is 1.79. The van der Waals surface area contributed by atoms with Gasteiger partial charge in [0.15, 0.2) is 0 Å². The van der Waals surface area contributed by atoms with Crippen molar-refractivity contribution < 1.29 is 9.90 Å². The van der Waals surface area contributed by atoms with Crippen molar-refractivity contribution in [2.75, 3.05) is 0 Å². The molecule has 0 radical (unpaired) electrons. The van der Waals surface area contributed by atoms with Gasteiger partial charge in [-0.25, -0.2) is 4.79 Å². The van der Waals surface area contributed by atoms with Crippen LogP contribution in [0.2, 0.25) is 0 Å². The Labute approximate surface area is 82.5 Å². The predicted molar refractivity (Wildman–Crippen MR) is 53.1 cm³/mol. The van der Waals surface area contributed by atoms with E-state index in [0.29, 0.717) is 11.5 Å². The average molecular weight is 191 g/mol. The van der Waals surface area contributed by atoms with Gasteiger partial charge in [-0.05, 0) is 36.5 Å². The van der Waals surface area contributed by atoms with E-state index < -0.39 is 5.97 Å². The van der Waals surface area contributed by atoms with Gasteiger partial charge in [0.05, 0.1) is 5.56 Å². The molecule has 0 bridgehead atoms. The Morgan fingerprint density at radius 1 is 1.36 bits per heavy atom. The van der Waals surface area contributed by atoms with Crippen LogP contribution in [0.1, 0.15) is 34.8 Å². The lowest BCUT2D eigenvalue weighted by atomic mass is 10.0. The second-order valence-electron chi connectivity index (χ2n) is 3.79. The van der Waals surface area contributed by atoms with E-state index in [0.717, 1.165) is 5.56 Å². The zero-order valence-corrected chi connectivity index (χ0v) is 7.81. The van der Waals surface area contributed by atoms with Gasteiger partial charge in [0, 0.05) is 6.04 Å². The number of benzene rings is 1. The quantitative estimate of drug-likeness (QED) is 0.765. The number of carboxylic acids is 1. The third-order valence-corrected chi connectivity index (χ3v) is 2.67. The zero-order chi connectivity index (χ0) is 10.1. The van der Waals surface area contributed by atoms with Crippen molar-refractivity contribution in [3.05, 3.63) is 35.4 Å². The summed E-state index contributed by atoms with van der Waals surface area (Å²) < 4.78 is 0. The van der Waals surface area contributed by atoms with E-state index >= 15 is 0 Å². The summed E-state index contributed by atoms with van der Waals surface area (Å²) in [4.78, 5) is 10.6. The molecule has 0 heterocycles. The molecule has 1 aliphatic carbocycles. The van der Waals surface area contributed by atoms with E-state index in [9.17, 15) is 4.79 Å². The van der Waals surface area contributed by atoms with Gasteiger partial charge in [0.2, 0.25) is 0 Å². The molecule has 1 aliphatic rings. The number of rotatable bonds is 3. The van der Waals surface area contributed by atoms with Crippen molar-refractivity contribution in [3.63, 3.8) is 0 Å². The van der Waals surface area contributed by atoms with Crippen molar-refractivity contribution >= 4 is 5.97 Å². The van der Waals surface area contributed by atoms with Crippen LogP contribution >= 0.6 is 0 Å². The van der Waals surface area contributed by atoms with Crippen molar-refractivity contribution in [2.45, 2.75) is 18.9 Å². The maximum absolute atomic E-state index is 10.6. The fourth-order valence-electron chi connectivity index (χ4n) is 1.58. The lowest BCUT2D eigenvalue weighted by Gasteiger charge is -2.10. The second kappa shape index (κ2) is 3.42. The molecule has 0 aromatic heterocycles. The van der Waals surface area contributed by atoms with Gasteiger partial charge < -0.3 is 10.8 Å². The molecule has 1 aromatic carbocycles. The molecule has 0 spiro atoms. The lowest BCUT2D eigenvalue weighted by Crippen LogP contribution is -2.12. The van der Waals surface area contributed by atoms with Crippen molar-refractivity contribution in [1.82, 2.24) is 0 Å². The molecule has 1 saturated carbocycles. The fraction of sp³-hybridized carbons (Fsp3) is 0.364. The van der Waals surface area contributed by atoms with E-state index in [2.05, 4.69) is 0 Å². The highest BCUT2D eigenvalue weighted by Gasteiger charge is 2.29. The molecular weight excluding hydrogens is 178 g/mol. The molecule has 3 nitrogen and oxygen atoms in total. The highest BCUT2D eigenvalue weighted by atomic mass is 16.4. The maximum atomic E-state index is 10.6. The second-order valence-corrected chi connectivity index (χ2v) is 3.79. The Morgan fingerprint density at radius 3 is 2.36 bits per heavy atom. The number of hydrogen-bond donors (Lipinski definition) is 2. The molecule has 0 amide bonds. The summed E-state index contributed by atoms with van der Waals surface area (Å²) in [7, 11) is 0. The molecule has 14 heavy (non-hydrogen) atoms. The van der Waals surface area contributed by atoms with Gasteiger partial charge in [-0.15, -0.1) is 0 Å². The summed E-state index contributed by atoms with van der Waals surface area (Å²) in [6.45, 7) is 0. The van der Waals surface area contributed by atoms with Crippen LogP contribution in [0.3, 0.4) is 0 Å². The minimum absolute atomic E-state index is 0.0813. The first kappa shape index (κ1) is 9.21. The molecule has 74 valence electrons. The third kappa shape index (κ3) is 1.77. The van der Waals surface area contributed by atoms with Crippen LogP contribution in [0, 0.1) is 5.92 Å². The van der Waals surface area contributed by atoms with Crippen molar-refractivity contribution in [2.24, 2.45) is 11.7 Å². The Balaban J connectivity index is 2.16. The first-order valence-electron chi connectivity index (χ1n) is 4.77.